The van der Waals surface area contributed by atoms with Crippen LogP contribution >= 0.6 is 11.3 Å². The van der Waals surface area contributed by atoms with E-state index in [0.717, 1.165) is 48.2 Å². The molecular formula is C31H39FN4O3S. The van der Waals surface area contributed by atoms with E-state index in [0.29, 0.717) is 17.0 Å². The van der Waals surface area contributed by atoms with Gasteiger partial charge in [-0.2, -0.15) is 0 Å². The van der Waals surface area contributed by atoms with Gasteiger partial charge in [0.05, 0.1) is 12.1 Å². The van der Waals surface area contributed by atoms with Gasteiger partial charge in [0.1, 0.15) is 16.4 Å². The molecule has 1 fully saturated rings. The van der Waals surface area contributed by atoms with Crippen LogP contribution < -0.4 is 15.4 Å². The summed E-state index contributed by atoms with van der Waals surface area (Å²) in [5.41, 5.74) is 3.46. The summed E-state index contributed by atoms with van der Waals surface area (Å²) < 4.78 is 20.9. The number of aromatic nitrogens is 2. The van der Waals surface area contributed by atoms with E-state index >= 15 is 0 Å². The smallest absolute Gasteiger partial charge is 0.218 e. The maximum Gasteiger partial charge on any atom is 0.218 e. The minimum absolute atomic E-state index is 0.0326. The summed E-state index contributed by atoms with van der Waals surface area (Å²) in [4.78, 5) is 21.1. The van der Waals surface area contributed by atoms with Gasteiger partial charge in [0.2, 0.25) is 11.8 Å². The van der Waals surface area contributed by atoms with Gasteiger partial charge in [0.15, 0.2) is 0 Å². The number of halogens is 1. The molecule has 1 saturated carbocycles. The molecule has 40 heavy (non-hydrogen) atoms. The van der Waals surface area contributed by atoms with Crippen molar-refractivity contribution in [1.29, 1.82) is 0 Å². The Morgan fingerprint density at radius 1 is 1.23 bits per heavy atom. The summed E-state index contributed by atoms with van der Waals surface area (Å²) in [7, 11) is 0. The second-order valence-electron chi connectivity index (χ2n) is 12.5. The number of amides is 1. The average molecular weight is 567 g/mol. The number of pyridine rings is 1. The third-order valence-electron chi connectivity index (χ3n) is 7.72. The van der Waals surface area contributed by atoms with Crippen molar-refractivity contribution in [2.24, 2.45) is 5.41 Å². The van der Waals surface area contributed by atoms with Crippen LogP contribution in [-0.2, 0) is 17.6 Å². The SMILES string of the molecule is CC(=O)NC(Cc1cc(F)cc(-c2nccs2)c1)[C@H](O)CN[C@H]1CC2(CCC2)Oc2ncc(CC(C)(C)C)cc21. The first-order valence-corrected chi connectivity index (χ1v) is 14.9. The average Bonchev–Trinajstić information content (AvgIpc) is 3.39. The largest absolute Gasteiger partial charge is 0.471 e. The molecular weight excluding hydrogens is 527 g/mol. The standard InChI is InChI=1S/C31H39FN4O3S/c1-19(37)36-25(13-20-10-22(14-23(32)11-20)29-33-8-9-40-29)27(38)18-34-26-16-31(6-5-7-31)39-28-24(26)12-21(17-35-28)15-30(2,3)4/h8-12,14,17,25-27,34,38H,5-7,13,15-16,18H2,1-4H3,(H,36,37)/t25?,26-,27+/m0/s1. The van der Waals surface area contributed by atoms with E-state index in [1.54, 1.807) is 6.20 Å². The molecule has 9 heteroatoms. The van der Waals surface area contributed by atoms with Crippen LogP contribution in [0.15, 0.2) is 42.0 Å². The lowest BCUT2D eigenvalue weighted by Crippen LogP contribution is -2.52. The number of nitrogens with one attached hydrogen (secondary N) is 2. The predicted octanol–water partition coefficient (Wildman–Crippen LogP) is 5.38. The lowest BCUT2D eigenvalue weighted by atomic mass is 9.73. The zero-order valence-corrected chi connectivity index (χ0v) is 24.5. The van der Waals surface area contributed by atoms with E-state index in [1.807, 2.05) is 17.6 Å². The van der Waals surface area contributed by atoms with E-state index in [1.165, 1.54) is 30.4 Å². The Morgan fingerprint density at radius 3 is 2.67 bits per heavy atom. The van der Waals surface area contributed by atoms with E-state index in [-0.39, 0.29) is 41.7 Å². The van der Waals surface area contributed by atoms with E-state index in [9.17, 15) is 14.3 Å². The molecule has 1 amide bonds. The van der Waals surface area contributed by atoms with Gasteiger partial charge in [-0.05, 0) is 72.9 Å². The molecule has 1 unspecified atom stereocenters. The molecule has 3 atom stereocenters. The Balaban J connectivity index is 1.33. The highest BCUT2D eigenvalue weighted by atomic mass is 32.1. The van der Waals surface area contributed by atoms with Crippen molar-refractivity contribution in [3.63, 3.8) is 0 Å². The molecule has 3 N–H and O–H groups in total. The van der Waals surface area contributed by atoms with Crippen molar-refractivity contribution >= 4 is 17.2 Å². The first-order chi connectivity index (χ1) is 19.0. The van der Waals surface area contributed by atoms with E-state index < -0.39 is 12.1 Å². The number of hydrogen-bond acceptors (Lipinski definition) is 7. The Kier molecular flexibility index (Phi) is 8.27. The highest BCUT2D eigenvalue weighted by Gasteiger charge is 2.46. The van der Waals surface area contributed by atoms with E-state index in [2.05, 4.69) is 42.5 Å². The van der Waals surface area contributed by atoms with Gasteiger partial charge in [-0.15, -0.1) is 11.3 Å². The summed E-state index contributed by atoms with van der Waals surface area (Å²) in [6.07, 6.45) is 7.81. The topological polar surface area (TPSA) is 96.4 Å². The minimum atomic E-state index is -0.898. The zero-order chi connectivity index (χ0) is 28.5. The van der Waals surface area contributed by atoms with Gasteiger partial charge in [-0.1, -0.05) is 20.8 Å². The zero-order valence-electron chi connectivity index (χ0n) is 23.7. The number of aliphatic hydroxyl groups is 1. The summed E-state index contributed by atoms with van der Waals surface area (Å²) in [6, 6.07) is 6.32. The third-order valence-corrected chi connectivity index (χ3v) is 8.54. The Morgan fingerprint density at radius 2 is 2.02 bits per heavy atom. The summed E-state index contributed by atoms with van der Waals surface area (Å²) in [6.45, 7) is 8.30. The van der Waals surface area contributed by atoms with Crippen LogP contribution in [0.1, 0.15) is 76.1 Å². The molecule has 5 rings (SSSR count). The fourth-order valence-corrected chi connectivity index (χ4v) is 6.43. The summed E-state index contributed by atoms with van der Waals surface area (Å²) in [5, 5.41) is 20.3. The second kappa shape index (κ2) is 11.5. The molecule has 214 valence electrons. The number of hydrogen-bond donors (Lipinski definition) is 3. The van der Waals surface area contributed by atoms with Crippen LogP contribution in [-0.4, -0.2) is 45.3 Å². The monoisotopic (exact) mass is 566 g/mol. The molecule has 1 spiro atoms. The van der Waals surface area contributed by atoms with Crippen molar-refractivity contribution in [3.8, 4) is 16.5 Å². The molecule has 1 aliphatic carbocycles. The number of nitrogens with zero attached hydrogens (tertiary/aromatic N) is 2. The van der Waals surface area contributed by atoms with Crippen LogP contribution in [0, 0.1) is 11.2 Å². The Bertz CT molecular complexity index is 1340. The molecule has 1 aromatic carbocycles. The molecule has 3 heterocycles. The number of aliphatic hydroxyl groups excluding tert-OH is 1. The van der Waals surface area contributed by atoms with Crippen molar-refractivity contribution in [3.05, 3.63) is 64.5 Å². The van der Waals surface area contributed by atoms with Crippen LogP contribution in [0.2, 0.25) is 0 Å². The first kappa shape index (κ1) is 28.6. The maximum absolute atomic E-state index is 14.5. The van der Waals surface area contributed by atoms with Crippen molar-refractivity contribution < 1.29 is 19.0 Å². The number of thiazole rings is 1. The predicted molar refractivity (Wildman–Crippen MR) is 155 cm³/mol. The van der Waals surface area contributed by atoms with Gasteiger partial charge < -0.3 is 20.5 Å². The van der Waals surface area contributed by atoms with Crippen LogP contribution in [0.25, 0.3) is 10.6 Å². The molecule has 2 aliphatic rings. The Labute approximate surface area is 239 Å². The van der Waals surface area contributed by atoms with Crippen molar-refractivity contribution in [2.75, 3.05) is 6.54 Å². The molecule has 0 bridgehead atoms. The van der Waals surface area contributed by atoms with Crippen molar-refractivity contribution in [1.82, 2.24) is 20.6 Å². The minimum Gasteiger partial charge on any atom is -0.471 e. The van der Waals surface area contributed by atoms with Crippen LogP contribution in [0.3, 0.4) is 0 Å². The number of carbonyl (C=O) groups is 1. The molecule has 0 radical (unpaired) electrons. The normalized spacial score (nSPS) is 19.3. The quantitative estimate of drug-likeness (QED) is 0.322. The first-order valence-electron chi connectivity index (χ1n) is 14.0. The van der Waals surface area contributed by atoms with Crippen LogP contribution in [0.4, 0.5) is 4.39 Å². The third kappa shape index (κ3) is 6.87. The number of ether oxygens (including phenoxy) is 1. The highest BCUT2D eigenvalue weighted by Crippen LogP contribution is 2.48. The van der Waals surface area contributed by atoms with Gasteiger partial charge >= 0.3 is 0 Å². The fraction of sp³-hybridized carbons (Fsp3) is 0.516. The molecule has 3 aromatic rings. The van der Waals surface area contributed by atoms with Crippen LogP contribution in [0.5, 0.6) is 5.88 Å². The lowest BCUT2D eigenvalue weighted by Gasteiger charge is -2.47. The van der Waals surface area contributed by atoms with Crippen molar-refractivity contribution in [2.45, 2.75) is 90.0 Å². The molecule has 7 nitrogen and oxygen atoms in total. The number of carbonyl (C=O) groups excluding carboxylic acids is 1. The summed E-state index contributed by atoms with van der Waals surface area (Å²) >= 11 is 1.44. The molecule has 0 saturated heterocycles. The van der Waals surface area contributed by atoms with Gasteiger partial charge in [-0.3, -0.25) is 4.79 Å². The van der Waals surface area contributed by atoms with Gasteiger partial charge in [-0.25, -0.2) is 14.4 Å². The Hall–Kier alpha value is -2.88. The fourth-order valence-electron chi connectivity index (χ4n) is 5.81. The number of fused-ring (bicyclic) bond motifs is 1. The maximum atomic E-state index is 14.5. The highest BCUT2D eigenvalue weighted by molar-refractivity contribution is 7.13. The van der Waals surface area contributed by atoms with E-state index in [4.69, 9.17) is 9.72 Å². The number of benzene rings is 1. The lowest BCUT2D eigenvalue weighted by molar-refractivity contribution is -0.120. The number of rotatable bonds is 9. The second-order valence-corrected chi connectivity index (χ2v) is 13.4. The van der Waals surface area contributed by atoms with Gasteiger partial charge in [0.25, 0.3) is 0 Å². The molecule has 2 aromatic heterocycles. The van der Waals surface area contributed by atoms with Gasteiger partial charge in [0, 0.05) is 54.8 Å². The summed E-state index contributed by atoms with van der Waals surface area (Å²) in [5.74, 6) is 0.0463. The molecule has 1 aliphatic heterocycles.